The lowest BCUT2D eigenvalue weighted by atomic mass is 9.77. The van der Waals surface area contributed by atoms with Gasteiger partial charge in [-0.25, -0.2) is 0 Å². The Hall–Kier alpha value is -0.570. The van der Waals surface area contributed by atoms with Crippen LogP contribution in [0.3, 0.4) is 0 Å². The van der Waals surface area contributed by atoms with Crippen LogP contribution in [0, 0.1) is 11.3 Å². The van der Waals surface area contributed by atoms with Gasteiger partial charge in [-0.15, -0.1) is 0 Å². The quantitative estimate of drug-likeness (QED) is 0.717. The maximum atomic E-state index is 12.4. The maximum absolute atomic E-state index is 12.4. The average molecular weight is 251 g/mol. The first-order valence-electron chi connectivity index (χ1n) is 7.66. The average Bonchev–Trinajstić information content (AvgIpc) is 2.88. The highest BCUT2D eigenvalue weighted by molar-refractivity contribution is 5.79. The van der Waals surface area contributed by atoms with Crippen molar-refractivity contribution in [3.63, 3.8) is 0 Å². The van der Waals surface area contributed by atoms with E-state index in [1.54, 1.807) is 0 Å². The molecule has 0 aromatic carbocycles. The monoisotopic (exact) mass is 251 g/mol. The van der Waals surface area contributed by atoms with Crippen LogP contribution in [-0.2, 0) is 9.53 Å². The van der Waals surface area contributed by atoms with E-state index >= 15 is 0 Å². The SMILES string of the molecule is O=C([C@@H]1CCCOC1)N1CCC2(CCCC2)CC1. The van der Waals surface area contributed by atoms with E-state index in [9.17, 15) is 4.79 Å². The normalized spacial score (nSPS) is 31.8. The highest BCUT2D eigenvalue weighted by Crippen LogP contribution is 2.46. The summed E-state index contributed by atoms with van der Waals surface area (Å²) in [6, 6.07) is 0. The Morgan fingerprint density at radius 3 is 2.39 bits per heavy atom. The molecule has 1 saturated carbocycles. The Labute approximate surface area is 110 Å². The van der Waals surface area contributed by atoms with Crippen LogP contribution in [0.5, 0.6) is 0 Å². The molecule has 1 spiro atoms. The minimum atomic E-state index is 0.149. The van der Waals surface area contributed by atoms with Crippen molar-refractivity contribution in [3.05, 3.63) is 0 Å². The van der Waals surface area contributed by atoms with Gasteiger partial charge in [0, 0.05) is 19.7 Å². The van der Waals surface area contributed by atoms with Crippen LogP contribution in [0.25, 0.3) is 0 Å². The van der Waals surface area contributed by atoms with Gasteiger partial charge in [-0.2, -0.15) is 0 Å². The summed E-state index contributed by atoms with van der Waals surface area (Å²) in [6.07, 6.45) is 10.2. The fraction of sp³-hybridized carbons (Fsp3) is 0.933. The van der Waals surface area contributed by atoms with E-state index in [0.717, 1.165) is 32.5 Å². The molecule has 0 aromatic heterocycles. The van der Waals surface area contributed by atoms with Crippen LogP contribution in [-0.4, -0.2) is 37.1 Å². The van der Waals surface area contributed by atoms with E-state index in [2.05, 4.69) is 4.90 Å². The van der Waals surface area contributed by atoms with Crippen molar-refractivity contribution in [2.24, 2.45) is 11.3 Å². The summed E-state index contributed by atoms with van der Waals surface area (Å²) in [5.41, 5.74) is 0.611. The zero-order valence-electron chi connectivity index (χ0n) is 11.3. The number of nitrogens with zero attached hydrogens (tertiary/aromatic N) is 1. The van der Waals surface area contributed by atoms with Gasteiger partial charge in [-0.1, -0.05) is 12.8 Å². The Bertz CT molecular complexity index is 294. The maximum Gasteiger partial charge on any atom is 0.228 e. The number of carbonyl (C=O) groups excluding carboxylic acids is 1. The van der Waals surface area contributed by atoms with Gasteiger partial charge >= 0.3 is 0 Å². The predicted molar refractivity (Wildman–Crippen MR) is 70.3 cm³/mol. The number of carbonyl (C=O) groups is 1. The molecule has 3 heteroatoms. The summed E-state index contributed by atoms with van der Waals surface area (Å²) in [6.45, 7) is 3.48. The third-order valence-electron chi connectivity index (χ3n) is 5.31. The molecule has 2 heterocycles. The number of amides is 1. The van der Waals surface area contributed by atoms with Crippen LogP contribution in [0.4, 0.5) is 0 Å². The molecule has 0 unspecified atom stereocenters. The first kappa shape index (κ1) is 12.5. The van der Waals surface area contributed by atoms with Crippen LogP contribution in [0.1, 0.15) is 51.4 Å². The molecule has 1 aliphatic carbocycles. The zero-order chi connectivity index (χ0) is 12.4. The molecular formula is C15H25NO2. The van der Waals surface area contributed by atoms with Gasteiger partial charge in [0.2, 0.25) is 5.91 Å². The van der Waals surface area contributed by atoms with Gasteiger partial charge in [0.05, 0.1) is 12.5 Å². The summed E-state index contributed by atoms with van der Waals surface area (Å²) in [5.74, 6) is 0.513. The minimum absolute atomic E-state index is 0.149. The molecule has 0 N–H and O–H groups in total. The van der Waals surface area contributed by atoms with E-state index < -0.39 is 0 Å². The van der Waals surface area contributed by atoms with E-state index in [4.69, 9.17) is 4.74 Å². The molecule has 3 fully saturated rings. The molecule has 3 rings (SSSR count). The predicted octanol–water partition coefficient (Wildman–Crippen LogP) is 2.60. The molecule has 2 aliphatic heterocycles. The highest BCUT2D eigenvalue weighted by atomic mass is 16.5. The molecule has 2 saturated heterocycles. The largest absolute Gasteiger partial charge is 0.381 e. The summed E-state index contributed by atoms with van der Waals surface area (Å²) in [4.78, 5) is 14.5. The van der Waals surface area contributed by atoms with E-state index in [1.165, 1.54) is 38.5 Å². The van der Waals surface area contributed by atoms with Crippen LogP contribution in [0.2, 0.25) is 0 Å². The second-order valence-corrected chi connectivity index (χ2v) is 6.45. The summed E-state index contributed by atoms with van der Waals surface area (Å²) in [7, 11) is 0. The summed E-state index contributed by atoms with van der Waals surface area (Å²) in [5, 5.41) is 0. The second-order valence-electron chi connectivity index (χ2n) is 6.45. The number of hydrogen-bond donors (Lipinski definition) is 0. The van der Waals surface area contributed by atoms with Crippen LogP contribution in [0.15, 0.2) is 0 Å². The minimum Gasteiger partial charge on any atom is -0.381 e. The third kappa shape index (κ3) is 2.42. The Morgan fingerprint density at radius 2 is 1.78 bits per heavy atom. The van der Waals surface area contributed by atoms with Gasteiger partial charge in [-0.3, -0.25) is 4.79 Å². The highest BCUT2D eigenvalue weighted by Gasteiger charge is 2.39. The lowest BCUT2D eigenvalue weighted by molar-refractivity contribution is -0.142. The van der Waals surface area contributed by atoms with Gasteiger partial charge in [0.25, 0.3) is 0 Å². The molecule has 0 bridgehead atoms. The molecule has 102 valence electrons. The molecule has 0 radical (unpaired) electrons. The van der Waals surface area contributed by atoms with Crippen molar-refractivity contribution >= 4 is 5.91 Å². The summed E-state index contributed by atoms with van der Waals surface area (Å²) < 4.78 is 5.44. The van der Waals surface area contributed by atoms with Gasteiger partial charge in [0.1, 0.15) is 0 Å². The van der Waals surface area contributed by atoms with Crippen LogP contribution >= 0.6 is 0 Å². The number of piperidine rings is 1. The fourth-order valence-corrected chi connectivity index (χ4v) is 4.02. The zero-order valence-corrected chi connectivity index (χ0v) is 11.3. The number of hydrogen-bond acceptors (Lipinski definition) is 2. The van der Waals surface area contributed by atoms with Crippen molar-refractivity contribution in [2.75, 3.05) is 26.3 Å². The number of likely N-dealkylation sites (tertiary alicyclic amines) is 1. The molecule has 3 nitrogen and oxygen atoms in total. The van der Waals surface area contributed by atoms with Crippen molar-refractivity contribution in [2.45, 2.75) is 51.4 Å². The van der Waals surface area contributed by atoms with Crippen LogP contribution < -0.4 is 0 Å². The first-order valence-corrected chi connectivity index (χ1v) is 7.66. The van der Waals surface area contributed by atoms with Crippen molar-refractivity contribution in [1.82, 2.24) is 4.90 Å². The molecular weight excluding hydrogens is 226 g/mol. The van der Waals surface area contributed by atoms with Gasteiger partial charge in [0.15, 0.2) is 0 Å². The summed E-state index contributed by atoms with van der Waals surface area (Å²) >= 11 is 0. The smallest absolute Gasteiger partial charge is 0.228 e. The van der Waals surface area contributed by atoms with E-state index in [-0.39, 0.29) is 5.92 Å². The molecule has 3 aliphatic rings. The molecule has 1 atom stereocenters. The Morgan fingerprint density at radius 1 is 1.06 bits per heavy atom. The first-order chi connectivity index (χ1) is 8.79. The number of ether oxygens (including phenoxy) is 1. The molecule has 18 heavy (non-hydrogen) atoms. The van der Waals surface area contributed by atoms with Crippen molar-refractivity contribution in [3.8, 4) is 0 Å². The third-order valence-corrected chi connectivity index (χ3v) is 5.31. The molecule has 1 amide bonds. The Balaban J connectivity index is 1.53. The van der Waals surface area contributed by atoms with E-state index in [1.807, 2.05) is 0 Å². The number of rotatable bonds is 1. The topological polar surface area (TPSA) is 29.5 Å². The van der Waals surface area contributed by atoms with Gasteiger partial charge in [-0.05, 0) is 43.9 Å². The van der Waals surface area contributed by atoms with Crippen molar-refractivity contribution in [1.29, 1.82) is 0 Å². The fourth-order valence-electron chi connectivity index (χ4n) is 4.02. The molecule has 0 aromatic rings. The van der Waals surface area contributed by atoms with E-state index in [0.29, 0.717) is 17.9 Å². The van der Waals surface area contributed by atoms with Gasteiger partial charge < -0.3 is 9.64 Å². The lowest BCUT2D eigenvalue weighted by Gasteiger charge is -2.40. The van der Waals surface area contributed by atoms with Crippen molar-refractivity contribution < 1.29 is 9.53 Å². The second kappa shape index (κ2) is 5.20. The lowest BCUT2D eigenvalue weighted by Crippen LogP contribution is -2.46. The standard InChI is InChI=1S/C15H25NO2/c17-14(13-4-3-11-18-12-13)16-9-7-15(8-10-16)5-1-2-6-15/h13H,1-12H2/t13-/m1/s1. The Kier molecular flexibility index (Phi) is 3.60.